The minimum atomic E-state index is -4.79. The van der Waals surface area contributed by atoms with Crippen molar-refractivity contribution in [1.82, 2.24) is 29.4 Å². The van der Waals surface area contributed by atoms with Gasteiger partial charge in [-0.1, -0.05) is 145 Å². The number of carbonyl (C=O) groups is 18. The van der Waals surface area contributed by atoms with Gasteiger partial charge in [0, 0.05) is 41.9 Å². The highest BCUT2D eigenvalue weighted by atomic mass is 19.4. The van der Waals surface area contributed by atoms with Crippen molar-refractivity contribution in [3.05, 3.63) is 0 Å². The van der Waals surface area contributed by atoms with Crippen molar-refractivity contribution in [2.45, 2.75) is 325 Å². The molecule has 6 aliphatic heterocycles. The predicted octanol–water partition coefficient (Wildman–Crippen LogP) is 11.0. The Bertz CT molecular complexity index is 3450. The molecule has 6 fully saturated rings. The highest BCUT2D eigenvalue weighted by Crippen LogP contribution is 2.46. The van der Waals surface area contributed by atoms with Crippen LogP contribution in [-0.4, -0.2) is 186 Å². The maximum atomic E-state index is 13.1. The molecule has 0 aliphatic carbocycles. The molecule has 10 atom stereocenters. The van der Waals surface area contributed by atoms with E-state index in [9.17, 15) is 113 Å². The van der Waals surface area contributed by atoms with Gasteiger partial charge in [0.25, 0.3) is 0 Å². The van der Waals surface area contributed by atoms with E-state index >= 15 is 0 Å². The Hall–Kier alpha value is -8.76. The van der Waals surface area contributed by atoms with Crippen molar-refractivity contribution in [3.8, 4) is 0 Å². The molecule has 6 rings (SSSR count). The van der Waals surface area contributed by atoms with Crippen LogP contribution in [0, 0.1) is 51.2 Å². The molecule has 0 aromatic rings. The second kappa shape index (κ2) is 42.9. The zero-order valence-corrected chi connectivity index (χ0v) is 68.8. The number of β-lactam (4-membered cyclic amide) rings is 6. The number of amides is 12. The number of alkyl halides is 6. The van der Waals surface area contributed by atoms with E-state index in [1.807, 2.05) is 41.5 Å². The Morgan fingerprint density at radius 1 is 0.321 bits per heavy atom. The van der Waals surface area contributed by atoms with Gasteiger partial charge >= 0.3 is 48.2 Å². The van der Waals surface area contributed by atoms with Gasteiger partial charge in [-0.05, 0) is 71.6 Å². The minimum absolute atomic E-state index is 0.0804. The van der Waals surface area contributed by atoms with Gasteiger partial charge < -0.3 is 28.4 Å². The number of esters is 6. The fourth-order valence-corrected chi connectivity index (χ4v) is 9.71. The zero-order valence-electron chi connectivity index (χ0n) is 68.8. The van der Waals surface area contributed by atoms with E-state index in [4.69, 9.17) is 28.4 Å². The van der Waals surface area contributed by atoms with Crippen LogP contribution >= 0.6 is 0 Å². The number of ether oxygens (including phenoxy) is 6. The van der Waals surface area contributed by atoms with Crippen LogP contribution in [0.25, 0.3) is 0 Å². The summed E-state index contributed by atoms with van der Waals surface area (Å²) in [7, 11) is 0. The summed E-state index contributed by atoms with van der Waals surface area (Å²) in [5.74, 6) is -10.7. The first-order valence-electron chi connectivity index (χ1n) is 38.0. The van der Waals surface area contributed by atoms with E-state index in [0.717, 1.165) is 33.4 Å². The molecule has 6 heterocycles. The smallest absolute Gasteiger partial charge is 0.402 e. The van der Waals surface area contributed by atoms with Crippen molar-refractivity contribution in [2.24, 2.45) is 51.2 Å². The van der Waals surface area contributed by atoms with Crippen molar-refractivity contribution >= 4 is 107 Å². The average molecular weight is 1610 g/mol. The third kappa shape index (κ3) is 25.9. The number of imide groups is 6. The fraction of sp³-hybridized carbons (Fsp3) is 0.763. The van der Waals surface area contributed by atoms with Crippen LogP contribution in [0.4, 0.5) is 26.3 Å². The van der Waals surface area contributed by atoms with Gasteiger partial charge in [0.15, 0.2) is 37.4 Å². The first kappa shape index (κ1) is 101. The second-order valence-electron chi connectivity index (χ2n) is 30.4. The van der Waals surface area contributed by atoms with E-state index in [1.165, 1.54) is 13.8 Å². The van der Waals surface area contributed by atoms with Crippen molar-refractivity contribution in [2.75, 3.05) is 0 Å². The predicted molar refractivity (Wildman–Crippen MR) is 383 cm³/mol. The molecule has 0 N–H and O–H groups in total. The van der Waals surface area contributed by atoms with Crippen LogP contribution < -0.4 is 0 Å². The fourth-order valence-electron chi connectivity index (χ4n) is 9.71. The first-order chi connectivity index (χ1) is 51.4. The average Bonchev–Trinajstić information content (AvgIpc) is 0.746. The molecule has 12 amide bonds. The standard InChI is InChI=1S/2C13H18F3NO4.2C13H21NO4.2C12H19NO4/c1-5-12(4,13(14,15)16)11(20)17-8(18)6-9(17)21-10(19)7(2)3;1-4-6-10(19)21-9-7-8(18)17(9)11(20)12(3,5-2)13(14,15)16;1-6-13(4,5)12(17)14-9(15)7-10(14)18-11(16)8(2)3;1-5-7-11(16)18-10-8-9(15)14(10)12(17)13(3,4)6-2;1-5-8(4)11(15)13-9(14)6-10(13)17-12(16)7(2)3;1-4-6-11(15)17-10-7-9(14)13(10)12(16)8(3)5-2/h7,9H,5-6H2,1-4H3;9H,4-7H2,1-3H3;8,10H,6-7H2,1-5H3;10H,5-8H2,1-4H3;7-8,10H,5-6H2,1-4H3;8,10H,4-7H2,1-3H3. The van der Waals surface area contributed by atoms with Gasteiger partial charge in [0.05, 0.1) is 56.3 Å². The van der Waals surface area contributed by atoms with Crippen molar-refractivity contribution in [1.29, 1.82) is 0 Å². The Morgan fingerprint density at radius 3 is 0.688 bits per heavy atom. The summed E-state index contributed by atoms with van der Waals surface area (Å²) in [5, 5.41) is 0. The molecule has 30 nitrogen and oxygen atoms in total. The largest absolute Gasteiger partial charge is 0.440 e. The summed E-state index contributed by atoms with van der Waals surface area (Å²) < 4.78 is 108. The Balaban J connectivity index is 0.000000673. The Kier molecular flexibility index (Phi) is 38.8. The van der Waals surface area contributed by atoms with Gasteiger partial charge in [-0.2, -0.15) is 26.3 Å². The van der Waals surface area contributed by atoms with Crippen LogP contribution in [0.15, 0.2) is 0 Å². The summed E-state index contributed by atoms with van der Waals surface area (Å²) in [4.78, 5) is 214. The summed E-state index contributed by atoms with van der Waals surface area (Å²) >= 11 is 0. The van der Waals surface area contributed by atoms with Crippen LogP contribution in [-0.2, 0) is 115 Å². The van der Waals surface area contributed by atoms with E-state index in [1.54, 1.807) is 90.0 Å². The summed E-state index contributed by atoms with van der Waals surface area (Å²) in [5.41, 5.74) is -6.56. The third-order valence-electron chi connectivity index (χ3n) is 19.7. The number of halogens is 6. The number of hydrogen-bond acceptors (Lipinski definition) is 24. The number of likely N-dealkylation sites (tertiary alicyclic amines) is 6. The lowest BCUT2D eigenvalue weighted by Gasteiger charge is -2.42. The van der Waals surface area contributed by atoms with Gasteiger partial charge in [0.2, 0.25) is 70.9 Å². The molecule has 6 aliphatic rings. The summed E-state index contributed by atoms with van der Waals surface area (Å²) in [6.07, 6.45) is -10.8. The highest BCUT2D eigenvalue weighted by Gasteiger charge is 2.63. The topological polar surface area (TPSA) is 382 Å². The van der Waals surface area contributed by atoms with Crippen molar-refractivity contribution in [3.63, 3.8) is 0 Å². The minimum Gasteiger partial charge on any atom is -0.440 e. The number of nitrogens with zero attached hydrogens (tertiary/aromatic N) is 6. The SMILES string of the molecule is CCC(C)(C(=O)N1C(=O)CC1OC(=O)C(C)C)C(F)(F)F.CCC(C)(C)C(=O)N1C(=O)CC1OC(=O)C(C)C.CCC(C)C(=O)N1C(=O)CC1OC(=O)C(C)C.CCCC(=O)OC1CC(=O)N1C(=O)C(C)(C)CC.CCCC(=O)OC1CC(=O)N1C(=O)C(C)(CC)C(F)(F)F.CCCC(=O)OC1CC(=O)N1C(=O)C(C)CC. The molecule has 36 heteroatoms. The van der Waals surface area contributed by atoms with Crippen LogP contribution in [0.2, 0.25) is 0 Å². The van der Waals surface area contributed by atoms with E-state index < -0.39 is 126 Å². The molecule has 112 heavy (non-hydrogen) atoms. The Labute approximate surface area is 650 Å². The number of rotatable bonds is 27. The maximum absolute atomic E-state index is 13.1. The van der Waals surface area contributed by atoms with E-state index in [-0.39, 0.29) is 140 Å². The molecule has 636 valence electrons. The molecule has 10 unspecified atom stereocenters. The normalized spacial score (nSPS) is 20.8. The maximum Gasteiger partial charge on any atom is 0.402 e. The van der Waals surface area contributed by atoms with Crippen molar-refractivity contribution < 1.29 is 141 Å². The summed E-state index contributed by atoms with van der Waals surface area (Å²) in [6.45, 7) is 37.5. The lowest BCUT2D eigenvalue weighted by Crippen LogP contribution is -2.63. The first-order valence-corrected chi connectivity index (χ1v) is 38.0. The number of hydrogen-bond donors (Lipinski definition) is 0. The number of carbonyl (C=O) groups excluding carboxylic acids is 18. The molecule has 0 aromatic carbocycles. The lowest BCUT2D eigenvalue weighted by atomic mass is 9.83. The molecular formula is C76H116F6N6O24. The molecular weight excluding hydrogens is 1490 g/mol. The Morgan fingerprint density at radius 2 is 0.518 bits per heavy atom. The molecule has 6 saturated heterocycles. The zero-order chi connectivity index (χ0) is 87.2. The monoisotopic (exact) mass is 1610 g/mol. The molecule has 0 bridgehead atoms. The molecule has 0 saturated carbocycles. The van der Waals surface area contributed by atoms with Crippen LogP contribution in [0.5, 0.6) is 0 Å². The van der Waals surface area contributed by atoms with E-state index in [0.29, 0.717) is 67.6 Å². The van der Waals surface area contributed by atoms with Gasteiger partial charge in [0.1, 0.15) is 10.8 Å². The highest BCUT2D eigenvalue weighted by molar-refractivity contribution is 6.06. The van der Waals surface area contributed by atoms with Gasteiger partial charge in [-0.25, -0.2) is 29.4 Å². The second-order valence-corrected chi connectivity index (χ2v) is 30.4. The molecule has 0 radical (unpaired) electrons. The third-order valence-corrected chi connectivity index (χ3v) is 19.7. The molecule has 0 aromatic heterocycles. The van der Waals surface area contributed by atoms with Gasteiger partial charge in [-0.3, -0.25) is 86.3 Å². The van der Waals surface area contributed by atoms with Crippen LogP contribution in [0.3, 0.4) is 0 Å². The van der Waals surface area contributed by atoms with Crippen LogP contribution in [0.1, 0.15) is 275 Å². The van der Waals surface area contributed by atoms with E-state index in [2.05, 4.69) is 0 Å². The van der Waals surface area contributed by atoms with Gasteiger partial charge in [-0.15, -0.1) is 0 Å². The quantitative estimate of drug-likeness (QED) is 0.0319. The molecule has 0 spiro atoms. The lowest BCUT2D eigenvalue weighted by molar-refractivity contribution is -0.234. The summed E-state index contributed by atoms with van der Waals surface area (Å²) in [6, 6.07) is 0.